The first-order valence-corrected chi connectivity index (χ1v) is 3.68. The van der Waals surface area contributed by atoms with Crippen LogP contribution in [0, 0.1) is 11.5 Å². The highest BCUT2D eigenvalue weighted by molar-refractivity contribution is 7.81. The summed E-state index contributed by atoms with van der Waals surface area (Å²) in [6.45, 7) is 0. The van der Waals surface area contributed by atoms with Gasteiger partial charge in [0, 0.05) is 0 Å². The van der Waals surface area contributed by atoms with Crippen molar-refractivity contribution in [3.05, 3.63) is 0 Å². The number of nitriles is 1. The van der Waals surface area contributed by atoms with Crippen LogP contribution in [-0.4, -0.2) is 25.5 Å². The third-order valence-electron chi connectivity index (χ3n) is 0.507. The summed E-state index contributed by atoms with van der Waals surface area (Å²) in [5.74, 6) is -4.03. The average Bonchev–Trinajstić information content (AvgIpc) is 2.00. The molecular weight excluding hydrogens is 210 g/mol. The van der Waals surface area contributed by atoms with E-state index in [4.69, 9.17) is 10.4 Å². The van der Waals surface area contributed by atoms with Gasteiger partial charge in [-0.2, -0.15) is 8.42 Å². The van der Waals surface area contributed by atoms with Crippen LogP contribution in [0.3, 0.4) is 0 Å². The highest BCUT2D eigenvalue weighted by atomic mass is 32.3. The zero-order valence-electron chi connectivity index (χ0n) is 5.66. The second-order valence-corrected chi connectivity index (χ2v) is 2.45. The number of carbonyl (C=O) groups is 2. The Balaban J connectivity index is 4.13. The second-order valence-electron chi connectivity index (χ2n) is 1.33. The summed E-state index contributed by atoms with van der Waals surface area (Å²) in [6, 6.07) is 0. The van der Waals surface area contributed by atoms with Gasteiger partial charge in [-0.25, -0.2) is 9.59 Å². The Labute approximate surface area is 71.3 Å². The largest absolute Gasteiger partial charge is 0.495 e. The topological polar surface area (TPSA) is 140 Å². The first kappa shape index (κ1) is 11.1. The standard InChI is InChI=1S/C3HNO8S/c4-1-10-13(8,9)12-11-3(7)2(5)6/h(H,5,6). The molecule has 0 aliphatic heterocycles. The van der Waals surface area contributed by atoms with E-state index in [0.717, 1.165) is 0 Å². The van der Waals surface area contributed by atoms with Gasteiger partial charge in [0.25, 0.3) is 0 Å². The molecule has 0 amide bonds. The molecule has 1 N–H and O–H groups in total. The van der Waals surface area contributed by atoms with Gasteiger partial charge in [0.15, 0.2) is 0 Å². The lowest BCUT2D eigenvalue weighted by molar-refractivity contribution is -0.218. The van der Waals surface area contributed by atoms with E-state index in [1.54, 1.807) is 0 Å². The van der Waals surface area contributed by atoms with Crippen LogP contribution in [0.4, 0.5) is 0 Å². The van der Waals surface area contributed by atoms with Crippen LogP contribution in [-0.2, 0) is 33.4 Å². The van der Waals surface area contributed by atoms with Gasteiger partial charge in [0.2, 0.25) is 0 Å². The van der Waals surface area contributed by atoms with Gasteiger partial charge in [-0.15, -0.1) is 5.26 Å². The number of carbonyl (C=O) groups excluding carboxylic acids is 1. The molecule has 0 aromatic carbocycles. The van der Waals surface area contributed by atoms with Crippen molar-refractivity contribution in [2.45, 2.75) is 0 Å². The fourth-order valence-electron chi connectivity index (χ4n) is 0.168. The first-order valence-electron chi connectivity index (χ1n) is 2.35. The van der Waals surface area contributed by atoms with Crippen LogP contribution >= 0.6 is 0 Å². The van der Waals surface area contributed by atoms with Gasteiger partial charge in [-0.3, -0.25) is 9.07 Å². The fourth-order valence-corrected chi connectivity index (χ4v) is 0.432. The van der Waals surface area contributed by atoms with Crippen molar-refractivity contribution in [1.29, 1.82) is 5.26 Å². The van der Waals surface area contributed by atoms with E-state index in [1.165, 1.54) is 0 Å². The number of nitrogens with zero attached hydrogens (tertiary/aromatic N) is 1. The van der Waals surface area contributed by atoms with Crippen molar-refractivity contribution in [1.82, 2.24) is 0 Å². The molecule has 13 heavy (non-hydrogen) atoms. The zero-order valence-corrected chi connectivity index (χ0v) is 6.48. The number of hydrogen-bond donors (Lipinski definition) is 1. The molecule has 0 rings (SSSR count). The number of carboxylic acids is 1. The first-order chi connectivity index (χ1) is 5.89. The molecule has 72 valence electrons. The molecule has 0 aromatic rings. The lowest BCUT2D eigenvalue weighted by Gasteiger charge is -1.96. The van der Waals surface area contributed by atoms with Gasteiger partial charge >= 0.3 is 28.6 Å². The van der Waals surface area contributed by atoms with Crippen LogP contribution in [0.1, 0.15) is 0 Å². The Morgan fingerprint density at radius 3 is 2.31 bits per heavy atom. The zero-order chi connectivity index (χ0) is 10.5. The number of rotatable bonds is 3. The van der Waals surface area contributed by atoms with Gasteiger partial charge in [-0.1, -0.05) is 0 Å². The molecule has 0 unspecified atom stereocenters. The minimum atomic E-state index is -4.83. The van der Waals surface area contributed by atoms with E-state index < -0.39 is 22.3 Å². The Bertz CT molecular complexity index is 348. The lowest BCUT2D eigenvalue weighted by Crippen LogP contribution is -2.19. The van der Waals surface area contributed by atoms with E-state index in [0.29, 0.717) is 6.26 Å². The maximum absolute atomic E-state index is 10.2. The highest BCUT2D eigenvalue weighted by Crippen LogP contribution is 1.95. The molecule has 0 aromatic heterocycles. The monoisotopic (exact) mass is 211 g/mol. The Hall–Kier alpha value is -1.86. The van der Waals surface area contributed by atoms with Crippen molar-refractivity contribution in [2.75, 3.05) is 0 Å². The summed E-state index contributed by atoms with van der Waals surface area (Å²) in [4.78, 5) is 23.0. The number of hydrogen-bond acceptors (Lipinski definition) is 8. The van der Waals surface area contributed by atoms with Crippen LogP contribution < -0.4 is 0 Å². The van der Waals surface area contributed by atoms with Gasteiger partial charge in [-0.05, 0) is 4.33 Å². The molecule has 0 fully saturated rings. The maximum atomic E-state index is 10.2. The smallest absolute Gasteiger partial charge is 0.473 e. The molecule has 0 saturated carbocycles. The number of aliphatic carboxylic acids is 1. The third-order valence-corrected chi connectivity index (χ3v) is 1.02. The lowest BCUT2D eigenvalue weighted by atomic mass is 10.7. The normalized spacial score (nSPS) is 9.77. The second kappa shape index (κ2) is 4.24. The van der Waals surface area contributed by atoms with Crippen LogP contribution in [0.25, 0.3) is 0 Å². The molecule has 0 radical (unpaired) electrons. The van der Waals surface area contributed by atoms with E-state index in [9.17, 15) is 18.0 Å². The van der Waals surface area contributed by atoms with Crippen molar-refractivity contribution in [2.24, 2.45) is 0 Å². The molecule has 0 aliphatic carbocycles. The minimum Gasteiger partial charge on any atom is -0.473 e. The summed E-state index contributed by atoms with van der Waals surface area (Å²) < 4.78 is 26.9. The van der Waals surface area contributed by atoms with Crippen molar-refractivity contribution >= 4 is 22.3 Å². The Kier molecular flexibility index (Phi) is 3.63. The minimum absolute atomic E-state index is 0.709. The molecule has 0 spiro atoms. The predicted molar refractivity (Wildman–Crippen MR) is 30.4 cm³/mol. The predicted octanol–water partition coefficient (Wildman–Crippen LogP) is -1.71. The molecule has 0 heterocycles. The molecule has 0 bridgehead atoms. The SMILES string of the molecule is N#COS(=O)(=O)OOC(=O)C(=O)O. The molecule has 0 aliphatic rings. The van der Waals surface area contributed by atoms with Crippen LogP contribution in [0.5, 0.6) is 0 Å². The molecular formula is C3HNO8S. The van der Waals surface area contributed by atoms with E-state index in [-0.39, 0.29) is 0 Å². The summed E-state index contributed by atoms with van der Waals surface area (Å²) >= 11 is 0. The van der Waals surface area contributed by atoms with E-state index in [1.807, 2.05) is 0 Å². The van der Waals surface area contributed by atoms with Gasteiger partial charge < -0.3 is 5.11 Å². The molecule has 10 heteroatoms. The van der Waals surface area contributed by atoms with E-state index >= 15 is 0 Å². The van der Waals surface area contributed by atoms with Crippen molar-refractivity contribution in [3.63, 3.8) is 0 Å². The Morgan fingerprint density at radius 1 is 1.38 bits per heavy atom. The highest BCUT2D eigenvalue weighted by Gasteiger charge is 2.21. The summed E-state index contributed by atoms with van der Waals surface area (Å²) in [7, 11) is -4.83. The molecule has 0 saturated heterocycles. The van der Waals surface area contributed by atoms with Crippen molar-refractivity contribution < 1.29 is 36.5 Å². The molecule has 9 nitrogen and oxygen atoms in total. The summed E-state index contributed by atoms with van der Waals surface area (Å²) in [6.07, 6.45) is 0.709. The Morgan fingerprint density at radius 2 is 1.92 bits per heavy atom. The summed E-state index contributed by atoms with van der Waals surface area (Å²) in [5.41, 5.74) is 0. The summed E-state index contributed by atoms with van der Waals surface area (Å²) in [5, 5.41) is 15.5. The molecule has 0 atom stereocenters. The van der Waals surface area contributed by atoms with Crippen LogP contribution in [0.15, 0.2) is 0 Å². The van der Waals surface area contributed by atoms with Crippen LogP contribution in [0.2, 0.25) is 0 Å². The average molecular weight is 211 g/mol. The fraction of sp³-hybridized carbons (Fsp3) is 0. The third kappa shape index (κ3) is 4.56. The van der Waals surface area contributed by atoms with Gasteiger partial charge in [0.05, 0.1) is 0 Å². The van der Waals surface area contributed by atoms with Crippen molar-refractivity contribution in [3.8, 4) is 6.26 Å². The maximum Gasteiger partial charge on any atom is 0.495 e. The number of carboxylic acid groups (broad SMARTS) is 1. The quantitative estimate of drug-likeness (QED) is 0.250. The van der Waals surface area contributed by atoms with Gasteiger partial charge in [0.1, 0.15) is 0 Å². The van der Waals surface area contributed by atoms with E-state index in [2.05, 4.69) is 13.4 Å².